The number of nitrogens with zero attached hydrogens (tertiary/aromatic N) is 2. The van der Waals surface area contributed by atoms with E-state index in [0.29, 0.717) is 6.42 Å². The molecule has 0 aliphatic carbocycles. The zero-order chi connectivity index (χ0) is 13.9. The van der Waals surface area contributed by atoms with Crippen molar-refractivity contribution in [3.63, 3.8) is 0 Å². The standard InChI is InChI=1S/C16H16N2O2/c1-10(19)17-9-8-12-11-4-2-3-5-13(11)18-15(20)7-6-14(17)16(12)18/h2-5,14H,6-9H2,1H3/t14-/m1/s1. The Labute approximate surface area is 117 Å². The first-order chi connectivity index (χ1) is 9.68. The van der Waals surface area contributed by atoms with Crippen molar-refractivity contribution in [3.05, 3.63) is 35.5 Å². The highest BCUT2D eigenvalue weighted by Gasteiger charge is 2.38. The van der Waals surface area contributed by atoms with Crippen LogP contribution in [0.1, 0.15) is 41.9 Å². The summed E-state index contributed by atoms with van der Waals surface area (Å²) in [6.07, 6.45) is 2.10. The summed E-state index contributed by atoms with van der Waals surface area (Å²) in [5, 5.41) is 1.17. The van der Waals surface area contributed by atoms with Gasteiger partial charge in [-0.05, 0) is 24.5 Å². The minimum Gasteiger partial charge on any atom is -0.334 e. The third kappa shape index (κ3) is 1.36. The van der Waals surface area contributed by atoms with Gasteiger partial charge in [-0.1, -0.05) is 18.2 Å². The van der Waals surface area contributed by atoms with E-state index in [2.05, 4.69) is 6.07 Å². The van der Waals surface area contributed by atoms with Crippen LogP contribution in [-0.4, -0.2) is 27.8 Å². The highest BCUT2D eigenvalue weighted by molar-refractivity contribution is 5.97. The number of carbonyl (C=O) groups is 2. The second-order valence-corrected chi connectivity index (χ2v) is 5.63. The van der Waals surface area contributed by atoms with E-state index < -0.39 is 0 Å². The van der Waals surface area contributed by atoms with Gasteiger partial charge in [0.25, 0.3) is 0 Å². The lowest BCUT2D eigenvalue weighted by molar-refractivity contribution is -0.132. The van der Waals surface area contributed by atoms with E-state index in [-0.39, 0.29) is 17.9 Å². The molecule has 0 saturated carbocycles. The molecule has 2 aliphatic heterocycles. The molecule has 0 fully saturated rings. The van der Waals surface area contributed by atoms with Gasteiger partial charge in [0.15, 0.2) is 0 Å². The number of carbonyl (C=O) groups excluding carboxylic acids is 2. The van der Waals surface area contributed by atoms with Gasteiger partial charge < -0.3 is 4.90 Å². The Kier molecular flexibility index (Phi) is 2.31. The van der Waals surface area contributed by atoms with Gasteiger partial charge in [-0.25, -0.2) is 0 Å². The van der Waals surface area contributed by atoms with Gasteiger partial charge in [-0.15, -0.1) is 0 Å². The molecular formula is C16H16N2O2. The van der Waals surface area contributed by atoms with Gasteiger partial charge in [0.2, 0.25) is 11.8 Å². The van der Waals surface area contributed by atoms with Crippen LogP contribution in [0.3, 0.4) is 0 Å². The van der Waals surface area contributed by atoms with Gasteiger partial charge in [0.1, 0.15) is 0 Å². The number of rotatable bonds is 0. The van der Waals surface area contributed by atoms with Crippen LogP contribution >= 0.6 is 0 Å². The maximum atomic E-state index is 12.3. The van der Waals surface area contributed by atoms with Crippen LogP contribution < -0.4 is 0 Å². The number of fused-ring (bicyclic) bond motifs is 3. The van der Waals surface area contributed by atoms with Crippen molar-refractivity contribution < 1.29 is 9.59 Å². The number of hydrogen-bond donors (Lipinski definition) is 0. The molecule has 0 unspecified atom stereocenters. The predicted molar refractivity (Wildman–Crippen MR) is 75.6 cm³/mol. The Bertz CT molecular complexity index is 744. The fraction of sp³-hybridized carbons (Fsp3) is 0.375. The molecule has 1 atom stereocenters. The quantitative estimate of drug-likeness (QED) is 0.736. The molecule has 3 heterocycles. The first kappa shape index (κ1) is 11.7. The second-order valence-electron chi connectivity index (χ2n) is 5.63. The third-order valence-corrected chi connectivity index (χ3v) is 4.60. The Morgan fingerprint density at radius 3 is 2.85 bits per heavy atom. The second kappa shape index (κ2) is 3.95. The van der Waals surface area contributed by atoms with Crippen LogP contribution in [0.2, 0.25) is 0 Å². The number of para-hydroxylation sites is 1. The van der Waals surface area contributed by atoms with E-state index in [4.69, 9.17) is 0 Å². The van der Waals surface area contributed by atoms with E-state index in [1.165, 1.54) is 10.9 Å². The fourth-order valence-electron chi connectivity index (χ4n) is 3.79. The van der Waals surface area contributed by atoms with Gasteiger partial charge in [0, 0.05) is 25.3 Å². The molecule has 4 rings (SSSR count). The Hall–Kier alpha value is -2.10. The molecule has 0 radical (unpaired) electrons. The lowest BCUT2D eigenvalue weighted by Crippen LogP contribution is -2.42. The zero-order valence-corrected chi connectivity index (χ0v) is 11.4. The Morgan fingerprint density at radius 2 is 2.05 bits per heavy atom. The molecule has 0 spiro atoms. The molecule has 0 saturated heterocycles. The predicted octanol–water partition coefficient (Wildman–Crippen LogP) is 2.52. The minimum atomic E-state index is 0.0707. The van der Waals surface area contributed by atoms with E-state index in [1.54, 1.807) is 6.92 Å². The molecule has 102 valence electrons. The average molecular weight is 268 g/mol. The van der Waals surface area contributed by atoms with Gasteiger partial charge in [0.05, 0.1) is 17.3 Å². The van der Waals surface area contributed by atoms with Gasteiger partial charge in [-0.3, -0.25) is 14.2 Å². The Morgan fingerprint density at radius 1 is 1.25 bits per heavy atom. The van der Waals surface area contributed by atoms with E-state index in [1.807, 2.05) is 27.7 Å². The molecule has 4 nitrogen and oxygen atoms in total. The van der Waals surface area contributed by atoms with Crippen molar-refractivity contribution in [2.24, 2.45) is 0 Å². The molecule has 20 heavy (non-hydrogen) atoms. The largest absolute Gasteiger partial charge is 0.334 e. The van der Waals surface area contributed by atoms with E-state index >= 15 is 0 Å². The third-order valence-electron chi connectivity index (χ3n) is 4.60. The molecule has 1 amide bonds. The summed E-state index contributed by atoms with van der Waals surface area (Å²) in [7, 11) is 0. The molecule has 0 bridgehead atoms. The summed E-state index contributed by atoms with van der Waals surface area (Å²) < 4.78 is 1.86. The van der Waals surface area contributed by atoms with Crippen molar-refractivity contribution in [3.8, 4) is 0 Å². The number of aromatic nitrogens is 1. The smallest absolute Gasteiger partial charge is 0.231 e. The lowest BCUT2D eigenvalue weighted by atomic mass is 9.92. The highest BCUT2D eigenvalue weighted by Crippen LogP contribution is 2.42. The molecule has 2 aliphatic rings. The van der Waals surface area contributed by atoms with Crippen molar-refractivity contribution in [2.45, 2.75) is 32.2 Å². The summed E-state index contributed by atoms with van der Waals surface area (Å²) in [4.78, 5) is 26.1. The number of benzene rings is 1. The first-order valence-electron chi connectivity index (χ1n) is 7.11. The molecule has 2 aromatic rings. The topological polar surface area (TPSA) is 42.3 Å². The molecule has 4 heteroatoms. The van der Waals surface area contributed by atoms with E-state index in [9.17, 15) is 9.59 Å². The highest BCUT2D eigenvalue weighted by atomic mass is 16.2. The summed E-state index contributed by atoms with van der Waals surface area (Å²) in [5.41, 5.74) is 3.32. The maximum absolute atomic E-state index is 12.3. The fourth-order valence-corrected chi connectivity index (χ4v) is 3.79. The van der Waals surface area contributed by atoms with Crippen molar-refractivity contribution in [1.82, 2.24) is 9.47 Å². The molecule has 1 aromatic heterocycles. The van der Waals surface area contributed by atoms with Crippen molar-refractivity contribution in [2.75, 3.05) is 6.54 Å². The van der Waals surface area contributed by atoms with Crippen LogP contribution in [0.4, 0.5) is 0 Å². The molecule has 0 N–H and O–H groups in total. The average Bonchev–Trinajstić information content (AvgIpc) is 2.79. The maximum Gasteiger partial charge on any atom is 0.231 e. The van der Waals surface area contributed by atoms with Crippen LogP contribution in [0.5, 0.6) is 0 Å². The molecule has 1 aromatic carbocycles. The number of amides is 1. The van der Waals surface area contributed by atoms with Gasteiger partial charge >= 0.3 is 0 Å². The van der Waals surface area contributed by atoms with Crippen LogP contribution in [0, 0.1) is 0 Å². The molecular weight excluding hydrogens is 252 g/mol. The minimum absolute atomic E-state index is 0.0707. The lowest BCUT2D eigenvalue weighted by Gasteiger charge is -2.38. The zero-order valence-electron chi connectivity index (χ0n) is 11.4. The van der Waals surface area contributed by atoms with Crippen LogP contribution in [-0.2, 0) is 11.2 Å². The Balaban J connectivity index is 2.05. The summed E-state index contributed by atoms with van der Waals surface area (Å²) in [6, 6.07) is 8.15. The van der Waals surface area contributed by atoms with E-state index in [0.717, 1.165) is 30.6 Å². The van der Waals surface area contributed by atoms with Crippen LogP contribution in [0.15, 0.2) is 24.3 Å². The van der Waals surface area contributed by atoms with Crippen molar-refractivity contribution in [1.29, 1.82) is 0 Å². The monoisotopic (exact) mass is 268 g/mol. The normalized spacial score (nSPS) is 21.1. The van der Waals surface area contributed by atoms with Crippen molar-refractivity contribution >= 4 is 22.7 Å². The summed E-state index contributed by atoms with van der Waals surface area (Å²) in [5.74, 6) is 0.260. The van der Waals surface area contributed by atoms with Crippen LogP contribution in [0.25, 0.3) is 10.9 Å². The first-order valence-corrected chi connectivity index (χ1v) is 7.11. The van der Waals surface area contributed by atoms with Gasteiger partial charge in [-0.2, -0.15) is 0 Å². The number of hydrogen-bond acceptors (Lipinski definition) is 2. The summed E-state index contributed by atoms with van der Waals surface area (Å²) >= 11 is 0. The summed E-state index contributed by atoms with van der Waals surface area (Å²) in [6.45, 7) is 2.38. The SMILES string of the molecule is CC(=O)N1CCc2c3n(c4ccccc24)C(=O)CC[C@H]31.